The van der Waals surface area contributed by atoms with Gasteiger partial charge < -0.3 is 10.1 Å². The van der Waals surface area contributed by atoms with Gasteiger partial charge in [0.15, 0.2) is 0 Å². The third kappa shape index (κ3) is 1.96. The molecule has 90 valence electrons. The molecule has 4 nitrogen and oxygen atoms in total. The van der Waals surface area contributed by atoms with Crippen molar-refractivity contribution in [3.8, 4) is 21.1 Å². The van der Waals surface area contributed by atoms with E-state index >= 15 is 0 Å². The number of hydrogen-bond donors (Lipinski definition) is 2. The Balaban J connectivity index is 1.95. The van der Waals surface area contributed by atoms with Crippen LogP contribution in [0.25, 0.3) is 21.1 Å². The highest BCUT2D eigenvalue weighted by atomic mass is 32.1. The molecule has 0 fully saturated rings. The van der Waals surface area contributed by atoms with E-state index in [1.54, 1.807) is 34.9 Å². The molecule has 0 aliphatic carbocycles. The molecule has 0 bridgehead atoms. The average Bonchev–Trinajstić information content (AvgIpc) is 3.10. The first kappa shape index (κ1) is 11.2. The second-order valence-electron chi connectivity index (χ2n) is 3.62. The Bertz CT molecular complexity index is 683. The van der Waals surface area contributed by atoms with E-state index in [-0.39, 0.29) is 5.69 Å². The van der Waals surface area contributed by atoms with E-state index in [4.69, 9.17) is 5.11 Å². The topological polar surface area (TPSA) is 66.0 Å². The summed E-state index contributed by atoms with van der Waals surface area (Å²) >= 11 is 3.20. The van der Waals surface area contributed by atoms with Gasteiger partial charge in [0, 0.05) is 17.1 Å². The Kier molecular flexibility index (Phi) is 2.73. The van der Waals surface area contributed by atoms with Crippen LogP contribution in [0, 0.1) is 0 Å². The van der Waals surface area contributed by atoms with Gasteiger partial charge in [-0.05, 0) is 17.5 Å². The molecule has 0 saturated carbocycles. The van der Waals surface area contributed by atoms with E-state index in [0.717, 1.165) is 21.1 Å². The van der Waals surface area contributed by atoms with Gasteiger partial charge in [0.2, 0.25) is 0 Å². The Labute approximate surface area is 111 Å². The summed E-state index contributed by atoms with van der Waals surface area (Å²) in [4.78, 5) is 19.1. The Morgan fingerprint density at radius 2 is 2.28 bits per heavy atom. The molecule has 3 aromatic heterocycles. The summed E-state index contributed by atoms with van der Waals surface area (Å²) in [5.74, 6) is -0.963. The van der Waals surface area contributed by atoms with Crippen molar-refractivity contribution in [2.75, 3.05) is 0 Å². The summed E-state index contributed by atoms with van der Waals surface area (Å²) in [5, 5.41) is 13.8. The molecule has 3 rings (SSSR count). The number of nitrogens with zero attached hydrogens (tertiary/aromatic N) is 1. The molecular formula is C12H8N2O2S2. The molecule has 2 N–H and O–H groups in total. The van der Waals surface area contributed by atoms with Crippen molar-refractivity contribution in [2.24, 2.45) is 0 Å². The van der Waals surface area contributed by atoms with Gasteiger partial charge in [-0.1, -0.05) is 6.07 Å². The maximum Gasteiger partial charge on any atom is 0.352 e. The van der Waals surface area contributed by atoms with Crippen LogP contribution >= 0.6 is 22.7 Å². The number of aromatic nitrogens is 2. The van der Waals surface area contributed by atoms with Crippen molar-refractivity contribution < 1.29 is 9.90 Å². The van der Waals surface area contributed by atoms with E-state index < -0.39 is 5.97 Å². The van der Waals surface area contributed by atoms with E-state index in [1.165, 1.54) is 0 Å². The van der Waals surface area contributed by atoms with E-state index in [1.807, 2.05) is 22.9 Å². The highest BCUT2D eigenvalue weighted by molar-refractivity contribution is 7.20. The molecule has 0 aliphatic rings. The predicted molar refractivity (Wildman–Crippen MR) is 72.2 cm³/mol. The Morgan fingerprint density at radius 1 is 1.39 bits per heavy atom. The SMILES string of the molecule is O=C(O)c1cc(-c2csc(-c3cccs3)n2)c[nH]1. The third-order valence-electron chi connectivity index (χ3n) is 2.45. The molecule has 0 unspecified atom stereocenters. The molecule has 6 heteroatoms. The van der Waals surface area contributed by atoms with Crippen LogP contribution in [-0.2, 0) is 0 Å². The van der Waals surface area contributed by atoms with Gasteiger partial charge in [0.05, 0.1) is 10.6 Å². The lowest BCUT2D eigenvalue weighted by molar-refractivity contribution is 0.0691. The fraction of sp³-hybridized carbons (Fsp3) is 0. The number of nitrogens with one attached hydrogen (secondary N) is 1. The van der Waals surface area contributed by atoms with Crippen LogP contribution in [0.15, 0.2) is 35.2 Å². The number of carbonyl (C=O) groups is 1. The fourth-order valence-electron chi connectivity index (χ4n) is 1.59. The zero-order valence-corrected chi connectivity index (χ0v) is 10.7. The van der Waals surface area contributed by atoms with Crippen LogP contribution in [-0.4, -0.2) is 21.0 Å². The smallest absolute Gasteiger partial charge is 0.352 e. The van der Waals surface area contributed by atoms with Crippen molar-refractivity contribution in [2.45, 2.75) is 0 Å². The number of H-pyrrole nitrogens is 1. The van der Waals surface area contributed by atoms with E-state index in [2.05, 4.69) is 9.97 Å². The van der Waals surface area contributed by atoms with Gasteiger partial charge in [-0.2, -0.15) is 0 Å². The molecule has 0 aliphatic heterocycles. The number of carboxylic acids is 1. The Hall–Kier alpha value is -1.92. The van der Waals surface area contributed by atoms with Crippen LogP contribution in [0.4, 0.5) is 0 Å². The van der Waals surface area contributed by atoms with Crippen molar-refractivity contribution in [3.05, 3.63) is 40.8 Å². The summed E-state index contributed by atoms with van der Waals surface area (Å²) in [6.45, 7) is 0. The van der Waals surface area contributed by atoms with Crippen LogP contribution in [0.3, 0.4) is 0 Å². The number of carboxylic acid groups (broad SMARTS) is 1. The summed E-state index contributed by atoms with van der Waals surface area (Å²) in [5.41, 5.74) is 1.77. The van der Waals surface area contributed by atoms with Crippen LogP contribution in [0.2, 0.25) is 0 Å². The minimum Gasteiger partial charge on any atom is -0.477 e. The van der Waals surface area contributed by atoms with Gasteiger partial charge in [0.25, 0.3) is 0 Å². The molecule has 0 atom stereocenters. The molecule has 0 radical (unpaired) electrons. The summed E-state index contributed by atoms with van der Waals surface area (Å²) in [6.07, 6.45) is 1.66. The molecule has 0 aromatic carbocycles. The van der Waals surface area contributed by atoms with Crippen molar-refractivity contribution >= 4 is 28.6 Å². The molecule has 0 saturated heterocycles. The van der Waals surface area contributed by atoms with E-state index in [0.29, 0.717) is 0 Å². The summed E-state index contributed by atoms with van der Waals surface area (Å²) in [6, 6.07) is 5.60. The second-order valence-corrected chi connectivity index (χ2v) is 5.43. The van der Waals surface area contributed by atoms with Crippen molar-refractivity contribution in [1.82, 2.24) is 9.97 Å². The fourth-order valence-corrected chi connectivity index (χ4v) is 3.23. The number of rotatable bonds is 3. The van der Waals surface area contributed by atoms with Gasteiger partial charge >= 0.3 is 5.97 Å². The van der Waals surface area contributed by atoms with E-state index in [9.17, 15) is 4.79 Å². The quantitative estimate of drug-likeness (QED) is 0.768. The minimum atomic E-state index is -0.963. The number of hydrogen-bond acceptors (Lipinski definition) is 4. The largest absolute Gasteiger partial charge is 0.477 e. The molecule has 0 spiro atoms. The first-order valence-corrected chi connectivity index (χ1v) is 6.91. The first-order valence-electron chi connectivity index (χ1n) is 5.15. The standard InChI is InChI=1S/C12H8N2O2S2/c15-12(16)8-4-7(5-13-8)9-6-18-11(14-9)10-2-1-3-17-10/h1-6,13H,(H,15,16). The highest BCUT2D eigenvalue weighted by Gasteiger charge is 2.11. The van der Waals surface area contributed by atoms with Gasteiger partial charge in [-0.15, -0.1) is 22.7 Å². The van der Waals surface area contributed by atoms with Gasteiger partial charge in [-0.3, -0.25) is 0 Å². The minimum absolute atomic E-state index is 0.177. The zero-order valence-electron chi connectivity index (χ0n) is 9.08. The number of thiazole rings is 1. The zero-order chi connectivity index (χ0) is 12.5. The van der Waals surface area contributed by atoms with Gasteiger partial charge in [-0.25, -0.2) is 9.78 Å². The van der Waals surface area contributed by atoms with Crippen LogP contribution in [0.5, 0.6) is 0 Å². The highest BCUT2D eigenvalue weighted by Crippen LogP contribution is 2.31. The normalized spacial score (nSPS) is 10.7. The predicted octanol–water partition coefficient (Wildman–Crippen LogP) is 3.56. The van der Waals surface area contributed by atoms with Gasteiger partial charge in [0.1, 0.15) is 10.7 Å². The number of aromatic amines is 1. The summed E-state index contributed by atoms with van der Waals surface area (Å²) in [7, 11) is 0. The maximum atomic E-state index is 10.8. The number of aromatic carboxylic acids is 1. The third-order valence-corrected chi connectivity index (χ3v) is 4.33. The molecule has 0 amide bonds. The lowest BCUT2D eigenvalue weighted by Gasteiger charge is -1.89. The molecule has 3 aromatic rings. The number of thiophene rings is 1. The average molecular weight is 276 g/mol. The first-order chi connectivity index (χ1) is 8.74. The molecule has 18 heavy (non-hydrogen) atoms. The maximum absolute atomic E-state index is 10.8. The van der Waals surface area contributed by atoms with Crippen molar-refractivity contribution in [3.63, 3.8) is 0 Å². The Morgan fingerprint density at radius 3 is 2.94 bits per heavy atom. The van der Waals surface area contributed by atoms with Crippen LogP contribution < -0.4 is 0 Å². The van der Waals surface area contributed by atoms with Crippen LogP contribution in [0.1, 0.15) is 10.5 Å². The summed E-state index contributed by atoms with van der Waals surface area (Å²) < 4.78 is 0. The monoisotopic (exact) mass is 276 g/mol. The lowest BCUT2D eigenvalue weighted by atomic mass is 10.2. The van der Waals surface area contributed by atoms with Crippen molar-refractivity contribution in [1.29, 1.82) is 0 Å². The lowest BCUT2D eigenvalue weighted by Crippen LogP contribution is -1.94. The molecule has 3 heterocycles. The second kappa shape index (κ2) is 4.40. The molecular weight excluding hydrogens is 268 g/mol.